The molecule has 0 spiro atoms. The molecule has 0 bridgehead atoms. The molecule has 2 N–H and O–H groups in total. The maximum absolute atomic E-state index is 5.97. The highest BCUT2D eigenvalue weighted by Gasteiger charge is 2.25. The highest BCUT2D eigenvalue weighted by Crippen LogP contribution is 2.22. The molecule has 6 heteroatoms. The van der Waals surface area contributed by atoms with Gasteiger partial charge in [-0.1, -0.05) is 28.9 Å². The minimum Gasteiger partial charge on any atom is -0.338 e. The third-order valence-electron chi connectivity index (χ3n) is 3.66. The fourth-order valence-electron chi connectivity index (χ4n) is 2.61. The van der Waals surface area contributed by atoms with Crippen molar-refractivity contribution in [1.29, 1.82) is 0 Å². The van der Waals surface area contributed by atoms with Gasteiger partial charge in [-0.15, -0.1) is 0 Å². The molecule has 2 aromatic rings. The highest BCUT2D eigenvalue weighted by atomic mass is 35.5. The summed E-state index contributed by atoms with van der Waals surface area (Å²) in [6.07, 6.45) is 2.32. The van der Waals surface area contributed by atoms with Crippen LogP contribution in [0.3, 0.4) is 0 Å². The predicted molar refractivity (Wildman–Crippen MR) is 77.2 cm³/mol. The zero-order valence-electron chi connectivity index (χ0n) is 11.1. The Morgan fingerprint density at radius 3 is 3.15 bits per heavy atom. The lowest BCUT2D eigenvalue weighted by atomic mass is 10.2. The fourth-order valence-corrected chi connectivity index (χ4v) is 2.80. The molecule has 1 aromatic heterocycles. The Kier molecular flexibility index (Phi) is 4.00. The van der Waals surface area contributed by atoms with Crippen LogP contribution in [0.2, 0.25) is 5.02 Å². The van der Waals surface area contributed by atoms with Crippen molar-refractivity contribution in [3.63, 3.8) is 0 Å². The van der Waals surface area contributed by atoms with Gasteiger partial charge >= 0.3 is 0 Å². The zero-order chi connectivity index (χ0) is 13.9. The summed E-state index contributed by atoms with van der Waals surface area (Å²) in [6, 6.07) is 7.87. The third kappa shape index (κ3) is 2.85. The lowest BCUT2D eigenvalue weighted by molar-refractivity contribution is 0.214. The molecule has 1 unspecified atom stereocenters. The third-order valence-corrected chi connectivity index (χ3v) is 3.90. The first-order valence-corrected chi connectivity index (χ1v) is 7.16. The van der Waals surface area contributed by atoms with E-state index in [2.05, 4.69) is 15.0 Å². The average molecular weight is 293 g/mol. The maximum atomic E-state index is 5.97. The second-order valence-electron chi connectivity index (χ2n) is 5.02. The number of aromatic nitrogens is 2. The van der Waals surface area contributed by atoms with Crippen molar-refractivity contribution in [3.8, 4) is 11.4 Å². The molecule has 0 saturated carbocycles. The van der Waals surface area contributed by atoms with Crippen molar-refractivity contribution in [2.24, 2.45) is 5.73 Å². The maximum Gasteiger partial charge on any atom is 0.241 e. The van der Waals surface area contributed by atoms with Crippen LogP contribution in [0.5, 0.6) is 0 Å². The van der Waals surface area contributed by atoms with Gasteiger partial charge in [0.05, 0.1) is 6.54 Å². The normalized spacial score (nSPS) is 19.6. The molecule has 0 aliphatic carbocycles. The number of halogens is 1. The molecule has 3 rings (SSSR count). The van der Waals surface area contributed by atoms with Crippen LogP contribution >= 0.6 is 11.6 Å². The van der Waals surface area contributed by atoms with Crippen LogP contribution in [0, 0.1) is 0 Å². The summed E-state index contributed by atoms with van der Waals surface area (Å²) in [5.41, 5.74) is 6.63. The van der Waals surface area contributed by atoms with E-state index in [0.717, 1.165) is 18.5 Å². The topological polar surface area (TPSA) is 68.2 Å². The smallest absolute Gasteiger partial charge is 0.241 e. The quantitative estimate of drug-likeness (QED) is 0.936. The molecule has 0 radical (unpaired) electrons. The van der Waals surface area contributed by atoms with Gasteiger partial charge in [0.15, 0.2) is 0 Å². The van der Waals surface area contributed by atoms with Gasteiger partial charge in [-0.2, -0.15) is 4.98 Å². The van der Waals surface area contributed by atoms with E-state index in [9.17, 15) is 0 Å². The molecule has 1 aliphatic rings. The van der Waals surface area contributed by atoms with Crippen molar-refractivity contribution in [2.45, 2.75) is 25.4 Å². The van der Waals surface area contributed by atoms with Crippen LogP contribution in [0.15, 0.2) is 28.8 Å². The van der Waals surface area contributed by atoms with Crippen LogP contribution in [-0.2, 0) is 6.54 Å². The van der Waals surface area contributed by atoms with Crippen LogP contribution in [-0.4, -0.2) is 34.2 Å². The lowest BCUT2D eigenvalue weighted by Crippen LogP contribution is -2.34. The molecule has 1 fully saturated rings. The molecular formula is C14H17ClN4O. The van der Waals surface area contributed by atoms with E-state index >= 15 is 0 Å². The zero-order valence-corrected chi connectivity index (χ0v) is 11.9. The Hall–Kier alpha value is -1.43. The van der Waals surface area contributed by atoms with E-state index in [0.29, 0.717) is 35.9 Å². The first-order chi connectivity index (χ1) is 9.76. The monoisotopic (exact) mass is 292 g/mol. The summed E-state index contributed by atoms with van der Waals surface area (Å²) < 4.78 is 5.33. The van der Waals surface area contributed by atoms with Crippen LogP contribution in [0.25, 0.3) is 11.4 Å². The number of hydrogen-bond donors (Lipinski definition) is 1. The second-order valence-corrected chi connectivity index (χ2v) is 5.46. The van der Waals surface area contributed by atoms with Gasteiger partial charge in [-0.05, 0) is 31.5 Å². The van der Waals surface area contributed by atoms with Crippen molar-refractivity contribution in [3.05, 3.63) is 35.2 Å². The largest absolute Gasteiger partial charge is 0.338 e. The highest BCUT2D eigenvalue weighted by molar-refractivity contribution is 6.30. The summed E-state index contributed by atoms with van der Waals surface area (Å²) in [6.45, 7) is 2.38. The summed E-state index contributed by atoms with van der Waals surface area (Å²) in [5.74, 6) is 1.20. The molecule has 0 amide bonds. The van der Waals surface area contributed by atoms with Crippen LogP contribution < -0.4 is 5.73 Å². The number of hydrogen-bond acceptors (Lipinski definition) is 5. The predicted octanol–water partition coefficient (Wildman–Crippen LogP) is 2.31. The van der Waals surface area contributed by atoms with E-state index < -0.39 is 0 Å². The molecule has 106 valence electrons. The second kappa shape index (κ2) is 5.91. The Morgan fingerprint density at radius 2 is 2.35 bits per heavy atom. The van der Waals surface area contributed by atoms with Gasteiger partial charge in [-0.25, -0.2) is 0 Å². The molecule has 1 aromatic carbocycles. The van der Waals surface area contributed by atoms with Gasteiger partial charge in [0.2, 0.25) is 11.7 Å². The van der Waals surface area contributed by atoms with Crippen LogP contribution in [0.4, 0.5) is 0 Å². The van der Waals surface area contributed by atoms with Gasteiger partial charge in [0, 0.05) is 23.2 Å². The van der Waals surface area contributed by atoms with Crippen molar-refractivity contribution >= 4 is 11.6 Å². The summed E-state index contributed by atoms with van der Waals surface area (Å²) in [7, 11) is 0. The van der Waals surface area contributed by atoms with Gasteiger partial charge in [-0.3, -0.25) is 4.90 Å². The molecular weight excluding hydrogens is 276 g/mol. The molecule has 1 saturated heterocycles. The Bertz CT molecular complexity index is 586. The number of benzene rings is 1. The van der Waals surface area contributed by atoms with E-state index in [4.69, 9.17) is 21.9 Å². The van der Waals surface area contributed by atoms with E-state index in [1.165, 1.54) is 6.42 Å². The molecule has 20 heavy (non-hydrogen) atoms. The van der Waals surface area contributed by atoms with Gasteiger partial charge < -0.3 is 10.3 Å². The molecule has 1 aliphatic heterocycles. The Labute approximate surface area is 122 Å². The van der Waals surface area contributed by atoms with E-state index in [1.54, 1.807) is 0 Å². The number of rotatable bonds is 4. The van der Waals surface area contributed by atoms with Crippen molar-refractivity contribution in [2.75, 3.05) is 13.1 Å². The van der Waals surface area contributed by atoms with E-state index in [-0.39, 0.29) is 0 Å². The fraction of sp³-hybridized carbons (Fsp3) is 0.429. The lowest BCUT2D eigenvalue weighted by Gasteiger charge is -2.20. The Balaban J connectivity index is 1.74. The number of likely N-dealkylation sites (tertiary alicyclic amines) is 1. The first-order valence-electron chi connectivity index (χ1n) is 6.79. The average Bonchev–Trinajstić information content (AvgIpc) is 3.08. The molecule has 5 nitrogen and oxygen atoms in total. The number of nitrogens with zero attached hydrogens (tertiary/aromatic N) is 3. The minimum atomic E-state index is 0.427. The van der Waals surface area contributed by atoms with Gasteiger partial charge in [0.1, 0.15) is 0 Å². The van der Waals surface area contributed by atoms with Crippen molar-refractivity contribution < 1.29 is 4.52 Å². The minimum absolute atomic E-state index is 0.427. The van der Waals surface area contributed by atoms with E-state index in [1.807, 2.05) is 24.3 Å². The van der Waals surface area contributed by atoms with Crippen LogP contribution in [0.1, 0.15) is 18.7 Å². The molecule has 2 heterocycles. The Morgan fingerprint density at radius 1 is 1.45 bits per heavy atom. The SMILES string of the molecule is NCC1CCCN1Cc1nc(-c2cccc(Cl)c2)no1. The summed E-state index contributed by atoms with van der Waals surface area (Å²) in [4.78, 5) is 6.74. The molecule has 1 atom stereocenters. The van der Waals surface area contributed by atoms with Gasteiger partial charge in [0.25, 0.3) is 0 Å². The standard InChI is InChI=1S/C14H17ClN4O/c15-11-4-1-3-10(7-11)14-17-13(20-18-14)9-19-6-2-5-12(19)8-16/h1,3-4,7,12H,2,5-6,8-9,16H2. The number of nitrogens with two attached hydrogens (primary N) is 1. The summed E-state index contributed by atoms with van der Waals surface area (Å²) in [5, 5.41) is 4.68. The summed E-state index contributed by atoms with van der Waals surface area (Å²) >= 11 is 5.97. The van der Waals surface area contributed by atoms with Crippen molar-refractivity contribution in [1.82, 2.24) is 15.0 Å². The first kappa shape index (κ1) is 13.5.